The minimum atomic E-state index is -4.47. The molecular formula is C17H22ClF3N2OS. The van der Waals surface area contributed by atoms with Crippen LogP contribution in [0.2, 0.25) is 5.02 Å². The number of nitrogens with one attached hydrogen (secondary N) is 1. The summed E-state index contributed by atoms with van der Waals surface area (Å²) in [5.41, 5.74) is -0.837. The summed E-state index contributed by atoms with van der Waals surface area (Å²) in [6.45, 7) is 3.14. The number of amides is 1. The minimum Gasteiger partial charge on any atom is -0.324 e. The molecule has 140 valence electrons. The van der Waals surface area contributed by atoms with E-state index in [1.54, 1.807) is 0 Å². The fourth-order valence-corrected chi connectivity index (χ4v) is 3.66. The summed E-state index contributed by atoms with van der Waals surface area (Å²) in [6.07, 6.45) is 0.540. The molecule has 8 heteroatoms. The highest BCUT2D eigenvalue weighted by Crippen LogP contribution is 2.33. The number of halogens is 4. The van der Waals surface area contributed by atoms with E-state index in [-0.39, 0.29) is 22.4 Å². The van der Waals surface area contributed by atoms with Crippen LogP contribution in [0.1, 0.15) is 31.2 Å². The molecule has 0 atom stereocenters. The van der Waals surface area contributed by atoms with Crippen LogP contribution in [0.25, 0.3) is 0 Å². The second-order valence-electron chi connectivity index (χ2n) is 6.05. The van der Waals surface area contributed by atoms with Crippen molar-refractivity contribution in [2.24, 2.45) is 0 Å². The van der Waals surface area contributed by atoms with Gasteiger partial charge in [0.2, 0.25) is 5.91 Å². The van der Waals surface area contributed by atoms with E-state index in [0.29, 0.717) is 0 Å². The maximum atomic E-state index is 12.7. The molecular weight excluding hydrogens is 373 g/mol. The van der Waals surface area contributed by atoms with Crippen LogP contribution >= 0.6 is 23.4 Å². The number of thioether (sulfide) groups is 1. The molecule has 0 unspecified atom stereocenters. The Morgan fingerprint density at radius 1 is 1.20 bits per heavy atom. The van der Waals surface area contributed by atoms with Crippen LogP contribution in [-0.2, 0) is 11.0 Å². The van der Waals surface area contributed by atoms with Crippen LogP contribution in [0.5, 0.6) is 0 Å². The van der Waals surface area contributed by atoms with Crippen LogP contribution in [0.4, 0.5) is 18.9 Å². The Morgan fingerprint density at radius 3 is 2.52 bits per heavy atom. The predicted molar refractivity (Wildman–Crippen MR) is 97.3 cm³/mol. The van der Waals surface area contributed by atoms with Gasteiger partial charge in [-0.2, -0.15) is 24.9 Å². The lowest BCUT2D eigenvalue weighted by Crippen LogP contribution is -2.27. The smallest absolute Gasteiger partial charge is 0.324 e. The van der Waals surface area contributed by atoms with Crippen molar-refractivity contribution in [3.05, 3.63) is 28.8 Å². The molecule has 0 radical (unpaired) electrons. The predicted octanol–water partition coefficient (Wildman–Crippen LogP) is 4.91. The van der Waals surface area contributed by atoms with Crippen LogP contribution < -0.4 is 5.32 Å². The molecule has 1 aliphatic heterocycles. The van der Waals surface area contributed by atoms with Gasteiger partial charge in [0, 0.05) is 12.3 Å². The van der Waals surface area contributed by atoms with E-state index in [9.17, 15) is 18.0 Å². The molecule has 1 aromatic carbocycles. The van der Waals surface area contributed by atoms with E-state index in [2.05, 4.69) is 10.2 Å². The Kier molecular flexibility index (Phi) is 7.90. The lowest BCUT2D eigenvalue weighted by molar-refractivity contribution is -0.137. The molecule has 1 amide bonds. The first kappa shape index (κ1) is 20.4. The van der Waals surface area contributed by atoms with Crippen LogP contribution in [0.15, 0.2) is 18.2 Å². The van der Waals surface area contributed by atoms with Crippen molar-refractivity contribution < 1.29 is 18.0 Å². The number of hydrogen-bond donors (Lipinski definition) is 1. The van der Waals surface area contributed by atoms with E-state index >= 15 is 0 Å². The Bertz CT molecular complexity index is 576. The Hall–Kier alpha value is -0.920. The first-order valence-corrected chi connectivity index (χ1v) is 9.86. The molecule has 1 aliphatic rings. The summed E-state index contributed by atoms with van der Waals surface area (Å²) in [4.78, 5) is 14.4. The summed E-state index contributed by atoms with van der Waals surface area (Å²) < 4.78 is 38.2. The molecule has 0 aliphatic carbocycles. The van der Waals surface area contributed by atoms with Gasteiger partial charge in [0.05, 0.1) is 22.0 Å². The van der Waals surface area contributed by atoms with Gasteiger partial charge < -0.3 is 10.2 Å². The number of anilines is 1. The van der Waals surface area contributed by atoms with Crippen LogP contribution in [-0.4, -0.2) is 41.9 Å². The number of carbonyl (C=O) groups is 1. The summed E-state index contributed by atoms with van der Waals surface area (Å²) in [6, 6.07) is 2.91. The van der Waals surface area contributed by atoms with Crippen molar-refractivity contribution in [2.45, 2.75) is 31.9 Å². The molecule has 0 aromatic heterocycles. The Balaban J connectivity index is 1.76. The fraction of sp³-hybridized carbons (Fsp3) is 0.588. The van der Waals surface area contributed by atoms with Gasteiger partial charge in [-0.1, -0.05) is 24.4 Å². The number of benzene rings is 1. The maximum absolute atomic E-state index is 12.7. The molecule has 1 fully saturated rings. The third-order valence-electron chi connectivity index (χ3n) is 4.05. The molecule has 0 spiro atoms. The van der Waals surface area contributed by atoms with E-state index in [4.69, 9.17) is 11.6 Å². The summed E-state index contributed by atoms with van der Waals surface area (Å²) in [7, 11) is 0. The van der Waals surface area contributed by atoms with Crippen LogP contribution in [0, 0.1) is 0 Å². The molecule has 3 nitrogen and oxygen atoms in total. The minimum absolute atomic E-state index is 0.00499. The summed E-state index contributed by atoms with van der Waals surface area (Å²) >= 11 is 7.35. The maximum Gasteiger partial charge on any atom is 0.416 e. The van der Waals surface area contributed by atoms with Crippen molar-refractivity contribution in [3.63, 3.8) is 0 Å². The quantitative estimate of drug-likeness (QED) is 0.696. The monoisotopic (exact) mass is 394 g/mol. The molecule has 25 heavy (non-hydrogen) atoms. The molecule has 1 heterocycles. The van der Waals surface area contributed by atoms with E-state index in [1.165, 1.54) is 37.4 Å². The highest BCUT2D eigenvalue weighted by Gasteiger charge is 2.31. The number of carbonyl (C=O) groups excluding carboxylic acids is 1. The van der Waals surface area contributed by atoms with Gasteiger partial charge in [-0.15, -0.1) is 0 Å². The van der Waals surface area contributed by atoms with E-state index < -0.39 is 11.7 Å². The normalized spacial score (nSPS) is 16.5. The zero-order chi connectivity index (χ0) is 18.3. The third kappa shape index (κ3) is 7.07. The van der Waals surface area contributed by atoms with Gasteiger partial charge in [0.1, 0.15) is 0 Å². The van der Waals surface area contributed by atoms with Crippen LogP contribution in [0.3, 0.4) is 0 Å². The Morgan fingerprint density at radius 2 is 1.88 bits per heavy atom. The second-order valence-corrected chi connectivity index (χ2v) is 7.56. The fourth-order valence-electron chi connectivity index (χ4n) is 2.70. The zero-order valence-corrected chi connectivity index (χ0v) is 15.4. The SMILES string of the molecule is O=C(CSCCN1CCCCCC1)Nc1cc(C(F)(F)F)ccc1Cl. The number of rotatable bonds is 6. The standard InChI is InChI=1S/C17H22ClF3N2OS/c18-14-6-5-13(17(19,20)21)11-15(14)22-16(24)12-25-10-9-23-7-3-1-2-4-8-23/h5-6,11H,1-4,7-10,12H2,(H,22,24). The summed E-state index contributed by atoms with van der Waals surface area (Å²) in [5.74, 6) is 0.673. The van der Waals surface area contributed by atoms with Crippen molar-refractivity contribution in [1.82, 2.24) is 4.90 Å². The first-order valence-electron chi connectivity index (χ1n) is 8.33. The molecule has 0 bridgehead atoms. The first-order chi connectivity index (χ1) is 11.9. The van der Waals surface area contributed by atoms with Gasteiger partial charge in [-0.05, 0) is 44.1 Å². The molecule has 0 saturated carbocycles. The summed E-state index contributed by atoms with van der Waals surface area (Å²) in [5, 5.41) is 2.56. The average molecular weight is 395 g/mol. The van der Waals surface area contributed by atoms with E-state index in [1.807, 2.05) is 0 Å². The van der Waals surface area contributed by atoms with Gasteiger partial charge >= 0.3 is 6.18 Å². The van der Waals surface area contributed by atoms with Crippen molar-refractivity contribution >= 4 is 35.0 Å². The number of likely N-dealkylation sites (tertiary alicyclic amines) is 1. The second kappa shape index (κ2) is 9.69. The highest BCUT2D eigenvalue weighted by atomic mass is 35.5. The highest BCUT2D eigenvalue weighted by molar-refractivity contribution is 7.99. The lowest BCUT2D eigenvalue weighted by Gasteiger charge is -2.19. The number of hydrogen-bond acceptors (Lipinski definition) is 3. The molecule has 2 rings (SSSR count). The largest absolute Gasteiger partial charge is 0.416 e. The van der Waals surface area contributed by atoms with Crippen molar-refractivity contribution in [3.8, 4) is 0 Å². The van der Waals surface area contributed by atoms with Gasteiger partial charge in [0.15, 0.2) is 0 Å². The lowest BCUT2D eigenvalue weighted by atomic mass is 10.2. The van der Waals surface area contributed by atoms with Crippen molar-refractivity contribution in [1.29, 1.82) is 0 Å². The number of alkyl halides is 3. The zero-order valence-electron chi connectivity index (χ0n) is 13.9. The average Bonchev–Trinajstić information content (AvgIpc) is 2.81. The van der Waals surface area contributed by atoms with E-state index in [0.717, 1.165) is 43.6 Å². The Labute approximate surface area is 155 Å². The number of nitrogens with zero attached hydrogens (tertiary/aromatic N) is 1. The van der Waals surface area contributed by atoms with Gasteiger partial charge in [0.25, 0.3) is 0 Å². The van der Waals surface area contributed by atoms with Crippen molar-refractivity contribution in [2.75, 3.05) is 36.5 Å². The molecule has 1 saturated heterocycles. The molecule has 1 aromatic rings. The topological polar surface area (TPSA) is 32.3 Å². The van der Waals surface area contributed by atoms with Gasteiger partial charge in [-0.25, -0.2) is 0 Å². The molecule has 1 N–H and O–H groups in total. The third-order valence-corrected chi connectivity index (χ3v) is 5.32. The van der Waals surface area contributed by atoms with Gasteiger partial charge in [-0.3, -0.25) is 4.79 Å².